The normalized spacial score (nSPS) is 12.9. The summed E-state index contributed by atoms with van der Waals surface area (Å²) in [5.74, 6) is 0. The molecule has 0 bridgehead atoms. The van der Waals surface area contributed by atoms with E-state index in [1.54, 1.807) is 23.7 Å². The third-order valence-electron chi connectivity index (χ3n) is 3.36. The predicted octanol–water partition coefficient (Wildman–Crippen LogP) is 4.65. The highest BCUT2D eigenvalue weighted by Crippen LogP contribution is 2.30. The number of thiazole rings is 1. The van der Waals surface area contributed by atoms with Gasteiger partial charge in [-0.3, -0.25) is 9.88 Å². The summed E-state index contributed by atoms with van der Waals surface area (Å²) in [5, 5.41) is 2.29. The zero-order chi connectivity index (χ0) is 14.9. The quantitative estimate of drug-likeness (QED) is 0.817. The van der Waals surface area contributed by atoms with Crippen LogP contribution in [0.4, 0.5) is 0 Å². The second kappa shape index (κ2) is 6.39. The highest BCUT2D eigenvalue weighted by molar-refractivity contribution is 7.11. The van der Waals surface area contributed by atoms with E-state index in [4.69, 9.17) is 23.2 Å². The molecule has 0 aromatic carbocycles. The molecule has 0 spiro atoms. The number of halogens is 2. The molecule has 2 heterocycles. The molecule has 0 saturated carbocycles. The van der Waals surface area contributed by atoms with Crippen molar-refractivity contribution in [2.75, 3.05) is 7.05 Å². The van der Waals surface area contributed by atoms with Gasteiger partial charge in [-0.2, -0.15) is 0 Å². The van der Waals surface area contributed by atoms with Crippen LogP contribution in [0.5, 0.6) is 0 Å². The van der Waals surface area contributed by atoms with Crippen LogP contribution in [0.1, 0.15) is 34.1 Å². The minimum atomic E-state index is 0.209. The molecule has 6 heteroatoms. The van der Waals surface area contributed by atoms with Gasteiger partial charge >= 0.3 is 0 Å². The van der Waals surface area contributed by atoms with Crippen LogP contribution in [0.25, 0.3) is 0 Å². The van der Waals surface area contributed by atoms with Crippen LogP contribution in [-0.4, -0.2) is 21.9 Å². The SMILES string of the molecule is Cc1nc(C(C)N(C)Cc2c(Cl)cncc2Cl)c(C)s1. The zero-order valence-electron chi connectivity index (χ0n) is 11.9. The zero-order valence-corrected chi connectivity index (χ0v) is 14.3. The highest BCUT2D eigenvalue weighted by Gasteiger charge is 2.19. The molecule has 0 aliphatic rings. The van der Waals surface area contributed by atoms with Gasteiger partial charge in [-0.25, -0.2) is 4.98 Å². The molecule has 3 nitrogen and oxygen atoms in total. The molecular weight excluding hydrogens is 313 g/mol. The summed E-state index contributed by atoms with van der Waals surface area (Å²) in [6.07, 6.45) is 3.25. The lowest BCUT2D eigenvalue weighted by Gasteiger charge is -2.24. The molecule has 0 amide bonds. The lowest BCUT2D eigenvalue weighted by atomic mass is 10.1. The van der Waals surface area contributed by atoms with Crippen LogP contribution in [0.3, 0.4) is 0 Å². The van der Waals surface area contributed by atoms with Crippen LogP contribution in [0.2, 0.25) is 10.0 Å². The molecule has 0 aliphatic carbocycles. The standard InChI is InChI=1S/C14H17Cl2N3S/c1-8(14-9(2)20-10(3)18-14)19(4)7-11-12(15)5-17-6-13(11)16/h5-6,8H,7H2,1-4H3. The monoisotopic (exact) mass is 329 g/mol. The molecule has 0 N–H and O–H groups in total. The summed E-state index contributed by atoms with van der Waals surface area (Å²) >= 11 is 14.1. The molecule has 0 radical (unpaired) electrons. The Bertz CT molecular complexity index is 592. The molecule has 2 aromatic heterocycles. The van der Waals surface area contributed by atoms with E-state index in [1.165, 1.54) is 4.88 Å². The summed E-state index contributed by atoms with van der Waals surface area (Å²) in [6.45, 7) is 6.95. The lowest BCUT2D eigenvalue weighted by Crippen LogP contribution is -2.23. The van der Waals surface area contributed by atoms with Gasteiger partial charge in [0, 0.05) is 29.4 Å². The Morgan fingerprint density at radius 1 is 1.25 bits per heavy atom. The third-order valence-corrected chi connectivity index (χ3v) is 4.91. The smallest absolute Gasteiger partial charge is 0.0900 e. The Morgan fingerprint density at radius 2 is 1.85 bits per heavy atom. The highest BCUT2D eigenvalue weighted by atomic mass is 35.5. The van der Waals surface area contributed by atoms with Gasteiger partial charge in [0.05, 0.1) is 26.8 Å². The third kappa shape index (κ3) is 3.31. The Labute approximate surface area is 133 Å². The fraction of sp³-hybridized carbons (Fsp3) is 0.429. The molecule has 2 aromatic rings. The van der Waals surface area contributed by atoms with Crippen LogP contribution in [0, 0.1) is 13.8 Å². The van der Waals surface area contributed by atoms with Crippen molar-refractivity contribution in [1.82, 2.24) is 14.9 Å². The van der Waals surface area contributed by atoms with E-state index in [2.05, 4.69) is 28.7 Å². The Kier molecular flexibility index (Phi) is 5.02. The maximum absolute atomic E-state index is 6.17. The van der Waals surface area contributed by atoms with Crippen molar-refractivity contribution in [2.24, 2.45) is 0 Å². The second-order valence-electron chi connectivity index (χ2n) is 4.85. The number of hydrogen-bond acceptors (Lipinski definition) is 4. The Hall–Kier alpha value is -0.680. The molecule has 20 heavy (non-hydrogen) atoms. The Balaban J connectivity index is 2.20. The number of pyridine rings is 1. The first kappa shape index (κ1) is 15.7. The minimum absolute atomic E-state index is 0.209. The fourth-order valence-corrected chi connectivity index (χ4v) is 3.51. The van der Waals surface area contributed by atoms with Crippen molar-refractivity contribution in [2.45, 2.75) is 33.4 Å². The topological polar surface area (TPSA) is 29.0 Å². The van der Waals surface area contributed by atoms with Crippen LogP contribution < -0.4 is 0 Å². The van der Waals surface area contributed by atoms with Crippen molar-refractivity contribution in [3.63, 3.8) is 0 Å². The molecule has 108 valence electrons. The van der Waals surface area contributed by atoms with Crippen molar-refractivity contribution in [3.8, 4) is 0 Å². The van der Waals surface area contributed by atoms with E-state index in [1.807, 2.05) is 14.0 Å². The van der Waals surface area contributed by atoms with E-state index < -0.39 is 0 Å². The van der Waals surface area contributed by atoms with E-state index in [9.17, 15) is 0 Å². The molecule has 0 saturated heterocycles. The van der Waals surface area contributed by atoms with E-state index >= 15 is 0 Å². The first-order valence-corrected chi connectivity index (χ1v) is 7.89. The number of rotatable bonds is 4. The number of hydrogen-bond donors (Lipinski definition) is 0. The maximum atomic E-state index is 6.17. The number of aromatic nitrogens is 2. The van der Waals surface area contributed by atoms with Crippen molar-refractivity contribution in [3.05, 3.63) is 43.6 Å². The van der Waals surface area contributed by atoms with Crippen molar-refractivity contribution in [1.29, 1.82) is 0 Å². The van der Waals surface area contributed by atoms with Gasteiger partial charge in [0.1, 0.15) is 0 Å². The van der Waals surface area contributed by atoms with Gasteiger partial charge in [0.2, 0.25) is 0 Å². The summed E-state index contributed by atoms with van der Waals surface area (Å²) in [5.41, 5.74) is 2.03. The largest absolute Gasteiger partial charge is 0.294 e. The Morgan fingerprint density at radius 3 is 2.35 bits per heavy atom. The molecule has 1 unspecified atom stereocenters. The minimum Gasteiger partial charge on any atom is -0.294 e. The van der Waals surface area contributed by atoms with Crippen LogP contribution in [0.15, 0.2) is 12.4 Å². The average molecular weight is 330 g/mol. The van der Waals surface area contributed by atoms with Crippen molar-refractivity contribution < 1.29 is 0 Å². The number of aryl methyl sites for hydroxylation is 2. The van der Waals surface area contributed by atoms with Gasteiger partial charge in [0.25, 0.3) is 0 Å². The molecule has 1 atom stereocenters. The van der Waals surface area contributed by atoms with Gasteiger partial charge in [-0.15, -0.1) is 11.3 Å². The van der Waals surface area contributed by atoms with Gasteiger partial charge in [-0.1, -0.05) is 23.2 Å². The lowest BCUT2D eigenvalue weighted by molar-refractivity contribution is 0.248. The van der Waals surface area contributed by atoms with E-state index in [0.29, 0.717) is 16.6 Å². The van der Waals surface area contributed by atoms with Gasteiger partial charge < -0.3 is 0 Å². The van der Waals surface area contributed by atoms with Crippen molar-refractivity contribution >= 4 is 34.5 Å². The predicted molar refractivity (Wildman–Crippen MR) is 85.7 cm³/mol. The first-order chi connectivity index (χ1) is 9.40. The maximum Gasteiger partial charge on any atom is 0.0900 e. The summed E-state index contributed by atoms with van der Waals surface area (Å²) in [6, 6.07) is 0.209. The first-order valence-electron chi connectivity index (χ1n) is 6.32. The van der Waals surface area contributed by atoms with E-state index in [0.717, 1.165) is 16.3 Å². The fourth-order valence-electron chi connectivity index (χ4n) is 2.12. The molecule has 2 rings (SSSR count). The molecular formula is C14H17Cl2N3S. The average Bonchev–Trinajstić information content (AvgIpc) is 2.72. The molecule has 0 aliphatic heterocycles. The molecule has 0 fully saturated rings. The van der Waals surface area contributed by atoms with E-state index in [-0.39, 0.29) is 6.04 Å². The number of nitrogens with zero attached hydrogens (tertiary/aromatic N) is 3. The summed E-state index contributed by atoms with van der Waals surface area (Å²) < 4.78 is 0. The summed E-state index contributed by atoms with van der Waals surface area (Å²) in [7, 11) is 2.05. The second-order valence-corrected chi connectivity index (χ2v) is 7.07. The van der Waals surface area contributed by atoms with Crippen LogP contribution >= 0.6 is 34.5 Å². The van der Waals surface area contributed by atoms with Crippen LogP contribution in [-0.2, 0) is 6.54 Å². The summed E-state index contributed by atoms with van der Waals surface area (Å²) in [4.78, 5) is 12.0. The van der Waals surface area contributed by atoms with Gasteiger partial charge in [-0.05, 0) is 27.8 Å². The van der Waals surface area contributed by atoms with Gasteiger partial charge in [0.15, 0.2) is 0 Å².